The molecule has 0 bridgehead atoms. The molecule has 0 saturated heterocycles. The second kappa shape index (κ2) is 5.23. The Morgan fingerprint density at radius 2 is 2.40 bits per heavy atom. The molecule has 0 spiro atoms. The first-order valence-corrected chi connectivity index (χ1v) is 4.99. The Bertz CT molecular complexity index is 303. The van der Waals surface area contributed by atoms with E-state index in [1.54, 1.807) is 17.9 Å². The number of alkyl halides is 1. The lowest BCUT2D eigenvalue weighted by Crippen LogP contribution is -2.26. The molecule has 0 aliphatic rings. The predicted molar refractivity (Wildman–Crippen MR) is 56.2 cm³/mol. The number of hydrogen-bond donors (Lipinski definition) is 1. The molecule has 0 aliphatic carbocycles. The number of nitrogens with two attached hydrogens (primary N) is 1. The molecule has 1 rings (SSSR count). The zero-order chi connectivity index (χ0) is 11.3. The molecule has 1 heterocycles. The number of halogens is 1. The van der Waals surface area contributed by atoms with Gasteiger partial charge in [0.05, 0.1) is 12.8 Å². The number of rotatable bonds is 6. The van der Waals surface area contributed by atoms with Gasteiger partial charge in [-0.25, -0.2) is 4.39 Å². The molecule has 4 nitrogen and oxygen atoms in total. The Morgan fingerprint density at radius 3 is 2.87 bits per heavy atom. The van der Waals surface area contributed by atoms with Gasteiger partial charge in [0.25, 0.3) is 0 Å². The van der Waals surface area contributed by atoms with E-state index in [0.717, 1.165) is 0 Å². The maximum atomic E-state index is 14.5. The van der Waals surface area contributed by atoms with Gasteiger partial charge in [-0.2, -0.15) is 5.10 Å². The Morgan fingerprint density at radius 1 is 1.67 bits per heavy atom. The van der Waals surface area contributed by atoms with Crippen LogP contribution in [-0.4, -0.2) is 30.0 Å². The highest BCUT2D eigenvalue weighted by molar-refractivity contribution is 5.15. The second-order valence-corrected chi connectivity index (χ2v) is 3.69. The summed E-state index contributed by atoms with van der Waals surface area (Å²) in [5.74, 6) is 0. The number of methoxy groups -OCH3 is 1. The topological polar surface area (TPSA) is 53.1 Å². The monoisotopic (exact) mass is 215 g/mol. The number of ether oxygens (including phenoxy) is 1. The standard InChI is InChI=1S/C10H18FN3O/c1-14-7-9(6-13-14)10(11,8-15-2)4-3-5-12/h6-7H,3-5,8,12H2,1-2H3. The van der Waals surface area contributed by atoms with Crippen molar-refractivity contribution in [1.29, 1.82) is 0 Å². The van der Waals surface area contributed by atoms with Gasteiger partial charge in [0.1, 0.15) is 0 Å². The first kappa shape index (κ1) is 12.1. The highest BCUT2D eigenvalue weighted by atomic mass is 19.1. The molecule has 0 radical (unpaired) electrons. The third kappa shape index (κ3) is 3.00. The summed E-state index contributed by atoms with van der Waals surface area (Å²) in [7, 11) is 3.26. The molecule has 1 unspecified atom stereocenters. The summed E-state index contributed by atoms with van der Waals surface area (Å²) in [4.78, 5) is 0. The summed E-state index contributed by atoms with van der Waals surface area (Å²) in [6.45, 7) is 0.522. The van der Waals surface area contributed by atoms with E-state index >= 15 is 0 Å². The molecule has 1 aromatic heterocycles. The van der Waals surface area contributed by atoms with Gasteiger partial charge in [-0.05, 0) is 19.4 Å². The van der Waals surface area contributed by atoms with Crippen molar-refractivity contribution in [3.63, 3.8) is 0 Å². The fraction of sp³-hybridized carbons (Fsp3) is 0.700. The fourth-order valence-corrected chi connectivity index (χ4v) is 1.56. The van der Waals surface area contributed by atoms with Gasteiger partial charge in [0.15, 0.2) is 5.67 Å². The van der Waals surface area contributed by atoms with E-state index in [1.165, 1.54) is 13.3 Å². The van der Waals surface area contributed by atoms with Crippen molar-refractivity contribution in [3.8, 4) is 0 Å². The largest absolute Gasteiger partial charge is 0.381 e. The van der Waals surface area contributed by atoms with Crippen LogP contribution in [0.25, 0.3) is 0 Å². The van der Waals surface area contributed by atoms with Crippen molar-refractivity contribution in [3.05, 3.63) is 18.0 Å². The Hall–Kier alpha value is -0.940. The summed E-state index contributed by atoms with van der Waals surface area (Å²) < 4.78 is 21.0. The van der Waals surface area contributed by atoms with Crippen LogP contribution in [0, 0.1) is 0 Å². The Labute approximate surface area is 89.2 Å². The van der Waals surface area contributed by atoms with E-state index in [2.05, 4.69) is 5.10 Å². The minimum atomic E-state index is -1.47. The minimum absolute atomic E-state index is 0.0404. The van der Waals surface area contributed by atoms with Crippen molar-refractivity contribution < 1.29 is 9.13 Å². The molecule has 5 heteroatoms. The van der Waals surface area contributed by atoms with Crippen molar-refractivity contribution in [2.75, 3.05) is 20.3 Å². The number of hydrogen-bond acceptors (Lipinski definition) is 3. The fourth-order valence-electron chi connectivity index (χ4n) is 1.56. The van der Waals surface area contributed by atoms with E-state index in [-0.39, 0.29) is 6.61 Å². The summed E-state index contributed by atoms with van der Waals surface area (Å²) >= 11 is 0. The van der Waals surface area contributed by atoms with Crippen LogP contribution in [-0.2, 0) is 17.5 Å². The number of nitrogens with zero attached hydrogens (tertiary/aromatic N) is 2. The Kier molecular flexibility index (Phi) is 4.23. The molecule has 1 atom stereocenters. The Balaban J connectivity index is 2.79. The van der Waals surface area contributed by atoms with Gasteiger partial charge >= 0.3 is 0 Å². The van der Waals surface area contributed by atoms with E-state index in [9.17, 15) is 4.39 Å². The van der Waals surface area contributed by atoms with Crippen LogP contribution in [0.4, 0.5) is 4.39 Å². The molecule has 0 fully saturated rings. The van der Waals surface area contributed by atoms with E-state index in [0.29, 0.717) is 24.9 Å². The molecule has 0 amide bonds. The van der Waals surface area contributed by atoms with E-state index in [4.69, 9.17) is 10.5 Å². The van der Waals surface area contributed by atoms with Gasteiger partial charge in [-0.3, -0.25) is 4.68 Å². The third-order valence-electron chi connectivity index (χ3n) is 2.37. The normalized spacial score (nSPS) is 15.2. The van der Waals surface area contributed by atoms with Crippen molar-refractivity contribution in [1.82, 2.24) is 9.78 Å². The van der Waals surface area contributed by atoms with Crippen molar-refractivity contribution in [2.45, 2.75) is 18.5 Å². The lowest BCUT2D eigenvalue weighted by Gasteiger charge is -2.22. The van der Waals surface area contributed by atoms with Crippen LogP contribution < -0.4 is 5.73 Å². The molecule has 0 saturated carbocycles. The maximum absolute atomic E-state index is 14.5. The zero-order valence-electron chi connectivity index (χ0n) is 9.24. The van der Waals surface area contributed by atoms with Crippen LogP contribution >= 0.6 is 0 Å². The van der Waals surface area contributed by atoms with Crippen molar-refractivity contribution >= 4 is 0 Å². The number of aryl methyl sites for hydroxylation is 1. The SMILES string of the molecule is COCC(F)(CCCN)c1cnn(C)c1. The van der Waals surface area contributed by atoms with Crippen LogP contribution in [0.2, 0.25) is 0 Å². The average molecular weight is 215 g/mol. The highest BCUT2D eigenvalue weighted by Crippen LogP contribution is 2.30. The predicted octanol–water partition coefficient (Wildman–Crippen LogP) is 0.970. The second-order valence-electron chi connectivity index (χ2n) is 3.69. The molecule has 0 aliphatic heterocycles. The van der Waals surface area contributed by atoms with Gasteiger partial charge in [0, 0.05) is 25.9 Å². The molecule has 0 aromatic carbocycles. The molecule has 15 heavy (non-hydrogen) atoms. The van der Waals surface area contributed by atoms with Gasteiger partial charge in [-0.15, -0.1) is 0 Å². The lowest BCUT2D eigenvalue weighted by atomic mass is 9.94. The van der Waals surface area contributed by atoms with E-state index < -0.39 is 5.67 Å². The van der Waals surface area contributed by atoms with Gasteiger partial charge in [-0.1, -0.05) is 0 Å². The van der Waals surface area contributed by atoms with Crippen LogP contribution in [0.3, 0.4) is 0 Å². The minimum Gasteiger partial charge on any atom is -0.381 e. The zero-order valence-corrected chi connectivity index (χ0v) is 9.24. The molecular weight excluding hydrogens is 197 g/mol. The number of aromatic nitrogens is 2. The smallest absolute Gasteiger partial charge is 0.162 e. The van der Waals surface area contributed by atoms with Crippen LogP contribution in [0.5, 0.6) is 0 Å². The van der Waals surface area contributed by atoms with Crippen molar-refractivity contribution in [2.24, 2.45) is 12.8 Å². The summed E-state index contributed by atoms with van der Waals surface area (Å²) in [5, 5.41) is 3.96. The van der Waals surface area contributed by atoms with E-state index in [1.807, 2.05) is 0 Å². The van der Waals surface area contributed by atoms with Gasteiger partial charge < -0.3 is 10.5 Å². The molecular formula is C10H18FN3O. The first-order valence-electron chi connectivity index (χ1n) is 4.99. The summed E-state index contributed by atoms with van der Waals surface area (Å²) in [6.07, 6.45) is 4.21. The molecule has 2 N–H and O–H groups in total. The van der Waals surface area contributed by atoms with Gasteiger partial charge in [0.2, 0.25) is 0 Å². The third-order valence-corrected chi connectivity index (χ3v) is 2.37. The van der Waals surface area contributed by atoms with Crippen LogP contribution in [0.1, 0.15) is 18.4 Å². The maximum Gasteiger partial charge on any atom is 0.162 e. The highest BCUT2D eigenvalue weighted by Gasteiger charge is 2.32. The quantitative estimate of drug-likeness (QED) is 0.769. The average Bonchev–Trinajstić information content (AvgIpc) is 2.63. The molecule has 1 aromatic rings. The first-order chi connectivity index (χ1) is 7.12. The summed E-state index contributed by atoms with van der Waals surface area (Å²) in [6, 6.07) is 0. The molecule has 86 valence electrons. The van der Waals surface area contributed by atoms with Crippen LogP contribution in [0.15, 0.2) is 12.4 Å². The summed E-state index contributed by atoms with van der Waals surface area (Å²) in [5.41, 5.74) is 4.47. The lowest BCUT2D eigenvalue weighted by molar-refractivity contribution is 0.0303.